The summed E-state index contributed by atoms with van der Waals surface area (Å²) in [6, 6.07) is 0. The fourth-order valence-electron chi connectivity index (χ4n) is 1.03. The minimum Gasteiger partial charge on any atom is -0.147 e. The first-order chi connectivity index (χ1) is 5.34. The minimum absolute atomic E-state index is 0.599. The lowest BCUT2D eigenvalue weighted by Gasteiger charge is -2.04. The van der Waals surface area contributed by atoms with Gasteiger partial charge in [0.15, 0.2) is 0 Å². The molecule has 3 heteroatoms. The lowest BCUT2D eigenvalue weighted by Crippen LogP contribution is -1.92. The van der Waals surface area contributed by atoms with Crippen molar-refractivity contribution in [2.24, 2.45) is 0 Å². The summed E-state index contributed by atoms with van der Waals surface area (Å²) in [5.74, 6) is 0.599. The van der Waals surface area contributed by atoms with E-state index in [4.69, 9.17) is 0 Å². The maximum Gasteiger partial charge on any atom is 0.120 e. The number of unbranched alkanes of at least 4 members (excludes halogenated alkanes) is 1. The fraction of sp³-hybridized carbons (Fsp3) is 0.750. The number of hydrogen-bond acceptors (Lipinski definition) is 3. The molecule has 1 unspecified atom stereocenters. The van der Waals surface area contributed by atoms with Crippen molar-refractivity contribution in [1.29, 1.82) is 0 Å². The molecule has 0 N–H and O–H groups in total. The van der Waals surface area contributed by atoms with E-state index in [0.717, 1.165) is 0 Å². The second-order valence-electron chi connectivity index (χ2n) is 2.82. The molecule has 0 aliphatic carbocycles. The smallest absolute Gasteiger partial charge is 0.120 e. The van der Waals surface area contributed by atoms with Gasteiger partial charge >= 0.3 is 0 Å². The normalized spacial score (nSPS) is 13.3. The third kappa shape index (κ3) is 2.58. The maximum atomic E-state index is 4.04. The zero-order valence-corrected chi connectivity index (χ0v) is 7.90. The van der Waals surface area contributed by atoms with E-state index in [0.29, 0.717) is 5.92 Å². The lowest BCUT2D eigenvalue weighted by molar-refractivity contribution is 0.616. The first kappa shape index (κ1) is 8.65. The van der Waals surface area contributed by atoms with Gasteiger partial charge in [-0.25, -0.2) is 0 Å². The van der Waals surface area contributed by atoms with Crippen molar-refractivity contribution >= 4 is 11.3 Å². The monoisotopic (exact) mass is 170 g/mol. The summed E-state index contributed by atoms with van der Waals surface area (Å²) < 4.78 is 0. The zero-order valence-electron chi connectivity index (χ0n) is 7.08. The van der Waals surface area contributed by atoms with Crippen molar-refractivity contribution in [1.82, 2.24) is 10.2 Å². The molecule has 0 saturated heterocycles. The highest BCUT2D eigenvalue weighted by atomic mass is 32.1. The molecule has 1 heterocycles. The van der Waals surface area contributed by atoms with E-state index in [9.17, 15) is 0 Å². The molecule has 0 saturated carbocycles. The summed E-state index contributed by atoms with van der Waals surface area (Å²) in [5, 5.41) is 9.04. The van der Waals surface area contributed by atoms with Crippen molar-refractivity contribution < 1.29 is 0 Å². The summed E-state index contributed by atoms with van der Waals surface area (Å²) in [5.41, 5.74) is 1.80. The summed E-state index contributed by atoms with van der Waals surface area (Å²) in [6.45, 7) is 4.43. The SMILES string of the molecule is CCCCC(C)c1nncs1. The Kier molecular flexibility index (Phi) is 3.49. The van der Waals surface area contributed by atoms with Crippen LogP contribution in [0.1, 0.15) is 44.0 Å². The van der Waals surface area contributed by atoms with Gasteiger partial charge in [-0.1, -0.05) is 26.7 Å². The molecule has 0 spiro atoms. The van der Waals surface area contributed by atoms with E-state index in [-0.39, 0.29) is 0 Å². The third-order valence-corrected chi connectivity index (χ3v) is 2.71. The van der Waals surface area contributed by atoms with Gasteiger partial charge in [0.1, 0.15) is 10.5 Å². The molecule has 0 aromatic carbocycles. The number of aromatic nitrogens is 2. The van der Waals surface area contributed by atoms with E-state index in [1.165, 1.54) is 24.3 Å². The molecule has 0 amide bonds. The van der Waals surface area contributed by atoms with Gasteiger partial charge in [0.2, 0.25) is 0 Å². The van der Waals surface area contributed by atoms with Crippen molar-refractivity contribution in [2.45, 2.75) is 39.0 Å². The second kappa shape index (κ2) is 4.44. The molecule has 0 aliphatic rings. The molecular weight excluding hydrogens is 156 g/mol. The molecule has 1 aromatic rings. The second-order valence-corrected chi connectivity index (χ2v) is 3.69. The van der Waals surface area contributed by atoms with Crippen molar-refractivity contribution in [3.8, 4) is 0 Å². The lowest BCUT2D eigenvalue weighted by atomic mass is 10.1. The van der Waals surface area contributed by atoms with Crippen LogP contribution < -0.4 is 0 Å². The quantitative estimate of drug-likeness (QED) is 0.694. The zero-order chi connectivity index (χ0) is 8.10. The summed E-state index contributed by atoms with van der Waals surface area (Å²) in [4.78, 5) is 0. The molecule has 2 nitrogen and oxygen atoms in total. The summed E-state index contributed by atoms with van der Waals surface area (Å²) >= 11 is 1.66. The fourth-order valence-corrected chi connectivity index (χ4v) is 1.68. The molecule has 1 atom stereocenters. The average molecular weight is 170 g/mol. The predicted molar refractivity (Wildman–Crippen MR) is 47.8 cm³/mol. The van der Waals surface area contributed by atoms with Gasteiger partial charge in [-0.3, -0.25) is 0 Å². The van der Waals surface area contributed by atoms with Crippen LogP contribution in [0.5, 0.6) is 0 Å². The van der Waals surface area contributed by atoms with Crippen LogP contribution in [0.4, 0.5) is 0 Å². The van der Waals surface area contributed by atoms with Crippen molar-refractivity contribution in [3.05, 3.63) is 10.5 Å². The Morgan fingerprint density at radius 1 is 1.64 bits per heavy atom. The van der Waals surface area contributed by atoms with Crippen LogP contribution in [-0.4, -0.2) is 10.2 Å². The predicted octanol–water partition coefficient (Wildman–Crippen LogP) is 2.83. The maximum absolute atomic E-state index is 4.04. The Bertz CT molecular complexity index is 184. The van der Waals surface area contributed by atoms with Crippen LogP contribution >= 0.6 is 11.3 Å². The highest BCUT2D eigenvalue weighted by Crippen LogP contribution is 2.21. The molecule has 0 radical (unpaired) electrons. The summed E-state index contributed by atoms with van der Waals surface area (Å²) in [6.07, 6.45) is 3.80. The van der Waals surface area contributed by atoms with E-state index >= 15 is 0 Å². The average Bonchev–Trinajstić information content (AvgIpc) is 2.52. The minimum atomic E-state index is 0.599. The summed E-state index contributed by atoms with van der Waals surface area (Å²) in [7, 11) is 0. The standard InChI is InChI=1S/C8H14N2S/c1-3-4-5-7(2)8-10-9-6-11-8/h6-7H,3-5H2,1-2H3. The Balaban J connectivity index is 2.36. The van der Waals surface area contributed by atoms with Gasteiger partial charge in [-0.05, 0) is 6.42 Å². The van der Waals surface area contributed by atoms with Crippen LogP contribution in [0, 0.1) is 0 Å². The van der Waals surface area contributed by atoms with Gasteiger partial charge in [0, 0.05) is 5.92 Å². The molecule has 11 heavy (non-hydrogen) atoms. The van der Waals surface area contributed by atoms with Crippen LogP contribution in [0.3, 0.4) is 0 Å². The highest BCUT2D eigenvalue weighted by Gasteiger charge is 2.07. The van der Waals surface area contributed by atoms with Crippen LogP contribution in [0.15, 0.2) is 5.51 Å². The van der Waals surface area contributed by atoms with Crippen LogP contribution in [0.2, 0.25) is 0 Å². The molecule has 1 rings (SSSR count). The first-order valence-corrected chi connectivity index (χ1v) is 4.98. The largest absolute Gasteiger partial charge is 0.147 e. The van der Waals surface area contributed by atoms with E-state index in [1.54, 1.807) is 16.8 Å². The van der Waals surface area contributed by atoms with E-state index in [2.05, 4.69) is 24.0 Å². The van der Waals surface area contributed by atoms with Gasteiger partial charge in [0.05, 0.1) is 0 Å². The Morgan fingerprint density at radius 2 is 2.45 bits per heavy atom. The number of rotatable bonds is 4. The van der Waals surface area contributed by atoms with E-state index < -0.39 is 0 Å². The third-order valence-electron chi connectivity index (χ3n) is 1.79. The number of nitrogens with zero attached hydrogens (tertiary/aromatic N) is 2. The van der Waals surface area contributed by atoms with Gasteiger partial charge in [-0.15, -0.1) is 21.5 Å². The topological polar surface area (TPSA) is 25.8 Å². The molecule has 0 fully saturated rings. The van der Waals surface area contributed by atoms with Gasteiger partial charge in [0.25, 0.3) is 0 Å². The van der Waals surface area contributed by atoms with Crippen LogP contribution in [0.25, 0.3) is 0 Å². The van der Waals surface area contributed by atoms with Crippen LogP contribution in [-0.2, 0) is 0 Å². The van der Waals surface area contributed by atoms with Gasteiger partial charge < -0.3 is 0 Å². The Labute approximate surface area is 71.7 Å². The first-order valence-electron chi connectivity index (χ1n) is 4.10. The Morgan fingerprint density at radius 3 is 3.00 bits per heavy atom. The molecule has 1 aromatic heterocycles. The molecule has 62 valence electrons. The highest BCUT2D eigenvalue weighted by molar-refractivity contribution is 7.09. The number of hydrogen-bond donors (Lipinski definition) is 0. The Hall–Kier alpha value is -0.440. The molecule has 0 bridgehead atoms. The van der Waals surface area contributed by atoms with Crippen molar-refractivity contribution in [3.63, 3.8) is 0 Å². The molecule has 0 aliphatic heterocycles. The van der Waals surface area contributed by atoms with Gasteiger partial charge in [-0.2, -0.15) is 0 Å². The molecular formula is C8H14N2S. The van der Waals surface area contributed by atoms with E-state index in [1.807, 2.05) is 0 Å². The van der Waals surface area contributed by atoms with Crippen molar-refractivity contribution in [2.75, 3.05) is 0 Å².